The summed E-state index contributed by atoms with van der Waals surface area (Å²) in [6.07, 6.45) is 1.54. The number of hydrogen-bond acceptors (Lipinski definition) is 9. The number of esters is 2. The summed E-state index contributed by atoms with van der Waals surface area (Å²) in [5, 5.41) is 7.90. The standard InChI is InChI=1S/C20H26FN5O6S/c1-15(27)32-9-7-25-12-18(22-23-25)13-26-19(20(28)31-2)14-24(8-10-33(26,29)30)11-16-3-5-17(21)6-4-16/h3-6,12,19H,7-11,13-14H2,1-2H3. The lowest BCUT2D eigenvalue weighted by molar-refractivity contribution is -0.146. The van der Waals surface area contributed by atoms with Crippen LogP contribution in [0.25, 0.3) is 0 Å². The minimum absolute atomic E-state index is 0.100. The number of halogens is 1. The molecule has 3 rings (SSSR count). The molecule has 0 spiro atoms. The fourth-order valence-electron chi connectivity index (χ4n) is 3.47. The Bertz CT molecular complexity index is 1070. The molecule has 2 aromatic rings. The Morgan fingerprint density at radius 1 is 1.21 bits per heavy atom. The molecule has 13 heteroatoms. The Balaban J connectivity index is 1.77. The lowest BCUT2D eigenvalue weighted by Crippen LogP contribution is -2.48. The molecule has 0 aliphatic carbocycles. The zero-order chi connectivity index (χ0) is 24.0. The van der Waals surface area contributed by atoms with Crippen LogP contribution in [0.15, 0.2) is 30.5 Å². The molecule has 1 aromatic carbocycles. The van der Waals surface area contributed by atoms with Crippen LogP contribution in [0.2, 0.25) is 0 Å². The van der Waals surface area contributed by atoms with Crippen molar-refractivity contribution >= 4 is 22.0 Å². The van der Waals surface area contributed by atoms with Gasteiger partial charge in [-0.05, 0) is 17.7 Å². The van der Waals surface area contributed by atoms with Gasteiger partial charge in [-0.2, -0.15) is 4.31 Å². The van der Waals surface area contributed by atoms with Crippen molar-refractivity contribution in [2.24, 2.45) is 0 Å². The van der Waals surface area contributed by atoms with E-state index >= 15 is 0 Å². The highest BCUT2D eigenvalue weighted by molar-refractivity contribution is 7.89. The predicted octanol–water partition coefficient (Wildman–Crippen LogP) is 0.170. The molecule has 1 atom stereocenters. The molecule has 180 valence electrons. The van der Waals surface area contributed by atoms with Crippen LogP contribution in [0.3, 0.4) is 0 Å². The summed E-state index contributed by atoms with van der Waals surface area (Å²) in [4.78, 5) is 25.3. The molecule has 2 heterocycles. The van der Waals surface area contributed by atoms with Crippen LogP contribution in [0.4, 0.5) is 4.39 Å². The Hall–Kier alpha value is -2.90. The Morgan fingerprint density at radius 3 is 2.61 bits per heavy atom. The van der Waals surface area contributed by atoms with Crippen LogP contribution in [-0.4, -0.2) is 83.2 Å². The summed E-state index contributed by atoms with van der Waals surface area (Å²) < 4.78 is 51.6. The van der Waals surface area contributed by atoms with E-state index in [9.17, 15) is 22.4 Å². The van der Waals surface area contributed by atoms with Crippen LogP contribution in [0.1, 0.15) is 18.2 Å². The minimum Gasteiger partial charge on any atom is -0.468 e. The molecule has 1 fully saturated rings. The largest absolute Gasteiger partial charge is 0.468 e. The average molecular weight is 484 g/mol. The number of sulfonamides is 1. The van der Waals surface area contributed by atoms with E-state index in [4.69, 9.17) is 9.47 Å². The first kappa shape index (κ1) is 24.7. The molecule has 33 heavy (non-hydrogen) atoms. The third kappa shape index (κ3) is 6.79. The zero-order valence-corrected chi connectivity index (χ0v) is 19.2. The van der Waals surface area contributed by atoms with Gasteiger partial charge in [-0.25, -0.2) is 17.5 Å². The Kier molecular flexibility index (Phi) is 8.10. The van der Waals surface area contributed by atoms with Crippen LogP contribution >= 0.6 is 0 Å². The van der Waals surface area contributed by atoms with E-state index in [0.717, 1.165) is 9.87 Å². The van der Waals surface area contributed by atoms with Crippen molar-refractivity contribution in [3.63, 3.8) is 0 Å². The van der Waals surface area contributed by atoms with Crippen LogP contribution in [-0.2, 0) is 48.7 Å². The maximum absolute atomic E-state index is 13.2. The maximum Gasteiger partial charge on any atom is 0.325 e. The van der Waals surface area contributed by atoms with Crippen molar-refractivity contribution in [2.75, 3.05) is 32.6 Å². The van der Waals surface area contributed by atoms with Gasteiger partial charge in [-0.15, -0.1) is 5.10 Å². The number of nitrogens with zero attached hydrogens (tertiary/aromatic N) is 5. The Labute approximate surface area is 191 Å². The lowest BCUT2D eigenvalue weighted by Gasteiger charge is -2.28. The summed E-state index contributed by atoms with van der Waals surface area (Å²) in [5.74, 6) is -1.68. The van der Waals surface area contributed by atoms with Crippen molar-refractivity contribution in [1.29, 1.82) is 0 Å². The molecular weight excluding hydrogens is 457 g/mol. The SMILES string of the molecule is COC(=O)C1CN(Cc2ccc(F)cc2)CCS(=O)(=O)N1Cc1cn(CCOC(C)=O)nn1. The topological polar surface area (TPSA) is 124 Å². The van der Waals surface area contributed by atoms with Crippen LogP contribution in [0.5, 0.6) is 0 Å². The van der Waals surface area contributed by atoms with Crippen molar-refractivity contribution in [3.8, 4) is 0 Å². The van der Waals surface area contributed by atoms with Gasteiger partial charge in [-0.1, -0.05) is 17.3 Å². The monoisotopic (exact) mass is 483 g/mol. The van der Waals surface area contributed by atoms with Gasteiger partial charge in [0.2, 0.25) is 10.0 Å². The number of benzene rings is 1. The second kappa shape index (κ2) is 10.8. The summed E-state index contributed by atoms with van der Waals surface area (Å²) in [6, 6.07) is 4.81. The van der Waals surface area contributed by atoms with Crippen molar-refractivity contribution in [1.82, 2.24) is 24.2 Å². The van der Waals surface area contributed by atoms with Gasteiger partial charge in [0, 0.05) is 32.8 Å². The first-order valence-corrected chi connectivity index (χ1v) is 11.9. The van der Waals surface area contributed by atoms with E-state index in [2.05, 4.69) is 10.3 Å². The van der Waals surface area contributed by atoms with E-state index < -0.39 is 28.0 Å². The highest BCUT2D eigenvalue weighted by Gasteiger charge is 2.40. The average Bonchev–Trinajstić information content (AvgIpc) is 3.17. The van der Waals surface area contributed by atoms with Gasteiger partial charge < -0.3 is 9.47 Å². The fraction of sp³-hybridized carbons (Fsp3) is 0.500. The van der Waals surface area contributed by atoms with Gasteiger partial charge in [0.15, 0.2) is 0 Å². The molecule has 1 unspecified atom stereocenters. The third-order valence-corrected chi connectivity index (χ3v) is 6.92. The molecule has 0 radical (unpaired) electrons. The first-order chi connectivity index (χ1) is 15.7. The van der Waals surface area contributed by atoms with Crippen molar-refractivity contribution in [3.05, 3.63) is 47.5 Å². The smallest absolute Gasteiger partial charge is 0.325 e. The zero-order valence-electron chi connectivity index (χ0n) is 18.4. The van der Waals surface area contributed by atoms with Gasteiger partial charge in [-0.3, -0.25) is 14.5 Å². The summed E-state index contributed by atoms with van der Waals surface area (Å²) in [7, 11) is -2.63. The van der Waals surface area contributed by atoms with Crippen molar-refractivity contribution < 1.29 is 31.9 Å². The number of carbonyl (C=O) groups excluding carboxylic acids is 2. The summed E-state index contributed by atoms with van der Waals surface area (Å²) in [5.41, 5.74) is 1.13. The molecule has 11 nitrogen and oxygen atoms in total. The quantitative estimate of drug-likeness (QED) is 0.483. The Morgan fingerprint density at radius 2 is 1.94 bits per heavy atom. The van der Waals surface area contributed by atoms with Gasteiger partial charge in [0.25, 0.3) is 0 Å². The van der Waals surface area contributed by atoms with Gasteiger partial charge in [0.1, 0.15) is 18.5 Å². The van der Waals surface area contributed by atoms with E-state index in [-0.39, 0.29) is 44.4 Å². The normalized spacial score (nSPS) is 19.1. The number of hydrogen-bond donors (Lipinski definition) is 0. The van der Waals surface area contributed by atoms with Gasteiger partial charge in [0.05, 0.1) is 31.6 Å². The minimum atomic E-state index is -3.83. The maximum atomic E-state index is 13.2. The number of aromatic nitrogens is 3. The molecule has 1 aromatic heterocycles. The molecule has 0 saturated carbocycles. The molecule has 0 N–H and O–H groups in total. The van der Waals surface area contributed by atoms with Crippen molar-refractivity contribution in [2.45, 2.75) is 32.6 Å². The first-order valence-electron chi connectivity index (χ1n) is 10.2. The van der Waals surface area contributed by atoms with E-state index in [1.54, 1.807) is 12.1 Å². The molecule has 1 saturated heterocycles. The molecule has 1 aliphatic heterocycles. The van der Waals surface area contributed by atoms with E-state index in [1.807, 2.05) is 4.90 Å². The second-order valence-electron chi connectivity index (χ2n) is 7.57. The number of ether oxygens (including phenoxy) is 2. The van der Waals surface area contributed by atoms with Crippen LogP contribution < -0.4 is 0 Å². The summed E-state index contributed by atoms with van der Waals surface area (Å²) in [6.45, 7) is 2.13. The number of rotatable bonds is 8. The summed E-state index contributed by atoms with van der Waals surface area (Å²) >= 11 is 0. The van der Waals surface area contributed by atoms with Crippen LogP contribution in [0, 0.1) is 5.82 Å². The molecule has 0 bridgehead atoms. The third-order valence-electron chi connectivity index (χ3n) is 5.12. The number of carbonyl (C=O) groups is 2. The predicted molar refractivity (Wildman–Crippen MR) is 113 cm³/mol. The highest BCUT2D eigenvalue weighted by atomic mass is 32.2. The lowest BCUT2D eigenvalue weighted by atomic mass is 10.2. The number of methoxy groups -OCH3 is 1. The molecule has 1 aliphatic rings. The van der Waals surface area contributed by atoms with E-state index in [0.29, 0.717) is 12.2 Å². The fourth-order valence-corrected chi connectivity index (χ4v) is 5.07. The second-order valence-corrected chi connectivity index (χ2v) is 9.62. The highest BCUT2D eigenvalue weighted by Crippen LogP contribution is 2.20. The molecule has 0 amide bonds. The molecular formula is C20H26FN5O6S. The van der Waals surface area contributed by atoms with Gasteiger partial charge >= 0.3 is 11.9 Å². The van der Waals surface area contributed by atoms with E-state index in [1.165, 1.54) is 37.0 Å².